The van der Waals surface area contributed by atoms with Crippen LogP contribution in [0.4, 0.5) is 0 Å². The molecule has 1 aromatic rings. The van der Waals surface area contributed by atoms with E-state index >= 15 is 0 Å². The Labute approximate surface area is 94.2 Å². The molecular weight excluding hydrogens is 210 g/mol. The molecule has 0 aromatic heterocycles. The number of nitrogens with one attached hydrogen (secondary N) is 1. The molecule has 0 radical (unpaired) electrons. The van der Waals surface area contributed by atoms with Crippen molar-refractivity contribution in [3.63, 3.8) is 0 Å². The summed E-state index contributed by atoms with van der Waals surface area (Å²) in [6, 6.07) is 7.73. The van der Waals surface area contributed by atoms with Gasteiger partial charge in [-0.15, -0.1) is 11.8 Å². The van der Waals surface area contributed by atoms with Crippen LogP contribution in [0, 0.1) is 0 Å². The van der Waals surface area contributed by atoms with Gasteiger partial charge in [-0.2, -0.15) is 0 Å². The van der Waals surface area contributed by atoms with Gasteiger partial charge in [0.15, 0.2) is 11.5 Å². The van der Waals surface area contributed by atoms with E-state index in [0.29, 0.717) is 12.0 Å². The predicted molar refractivity (Wildman–Crippen MR) is 62.7 cm³/mol. The van der Waals surface area contributed by atoms with E-state index in [-0.39, 0.29) is 0 Å². The van der Waals surface area contributed by atoms with E-state index in [2.05, 4.69) is 5.32 Å². The van der Waals surface area contributed by atoms with Crippen LogP contribution in [0.25, 0.3) is 0 Å². The topological polar surface area (TPSA) is 30.5 Å². The molecular formula is C11H15NO2S. The Morgan fingerprint density at radius 3 is 2.87 bits per heavy atom. The van der Waals surface area contributed by atoms with Crippen LogP contribution in [0.15, 0.2) is 24.3 Å². The zero-order chi connectivity index (χ0) is 10.5. The maximum atomic E-state index is 5.70. The number of hydrogen-bond donors (Lipinski definition) is 1. The van der Waals surface area contributed by atoms with Crippen LogP contribution < -0.4 is 14.8 Å². The minimum Gasteiger partial charge on any atom is -0.493 e. The maximum absolute atomic E-state index is 5.70. The Morgan fingerprint density at radius 1 is 1.40 bits per heavy atom. The van der Waals surface area contributed by atoms with Gasteiger partial charge in [0.25, 0.3) is 0 Å². The highest BCUT2D eigenvalue weighted by atomic mass is 32.2. The van der Waals surface area contributed by atoms with Crippen LogP contribution in [-0.2, 0) is 0 Å². The van der Waals surface area contributed by atoms with Crippen LogP contribution in [0.3, 0.4) is 0 Å². The van der Waals surface area contributed by atoms with Crippen molar-refractivity contribution in [2.24, 2.45) is 0 Å². The first-order valence-corrected chi connectivity index (χ1v) is 6.06. The molecule has 4 heteroatoms. The summed E-state index contributed by atoms with van der Waals surface area (Å²) >= 11 is 1.90. The summed E-state index contributed by atoms with van der Waals surface area (Å²) in [5, 5.41) is 3.77. The molecule has 3 nitrogen and oxygen atoms in total. The molecule has 0 saturated carbocycles. The van der Waals surface area contributed by atoms with Crippen LogP contribution in [-0.4, -0.2) is 31.4 Å². The molecule has 0 aliphatic carbocycles. The second kappa shape index (κ2) is 5.28. The van der Waals surface area contributed by atoms with Gasteiger partial charge in [-0.05, 0) is 12.1 Å². The zero-order valence-electron chi connectivity index (χ0n) is 8.73. The second-order valence-electron chi connectivity index (χ2n) is 3.28. The Bertz CT molecular complexity index is 313. The highest BCUT2D eigenvalue weighted by Gasteiger charge is 2.15. The Kier molecular flexibility index (Phi) is 3.75. The van der Waals surface area contributed by atoms with Gasteiger partial charge in [0, 0.05) is 12.3 Å². The number of thioether (sulfide) groups is 1. The van der Waals surface area contributed by atoms with Crippen molar-refractivity contribution in [2.75, 3.05) is 26.0 Å². The molecule has 0 spiro atoms. The number of hydrogen-bond acceptors (Lipinski definition) is 4. The Hall–Kier alpha value is -0.870. The predicted octanol–water partition coefficient (Wildman–Crippen LogP) is 1.74. The quantitative estimate of drug-likeness (QED) is 0.845. The number of benzene rings is 1. The van der Waals surface area contributed by atoms with E-state index in [1.807, 2.05) is 36.0 Å². The van der Waals surface area contributed by atoms with Gasteiger partial charge < -0.3 is 14.8 Å². The van der Waals surface area contributed by atoms with Crippen LogP contribution in [0.1, 0.15) is 0 Å². The molecule has 2 rings (SSSR count). The van der Waals surface area contributed by atoms with Crippen LogP contribution in [0.5, 0.6) is 11.5 Å². The summed E-state index contributed by atoms with van der Waals surface area (Å²) < 4.78 is 10.9. The fourth-order valence-corrected chi connectivity index (χ4v) is 2.41. The Morgan fingerprint density at radius 2 is 2.20 bits per heavy atom. The number of rotatable bonds is 4. The normalized spacial score (nSPS) is 20.2. The smallest absolute Gasteiger partial charge is 0.161 e. The van der Waals surface area contributed by atoms with E-state index in [1.165, 1.54) is 5.75 Å². The van der Waals surface area contributed by atoms with Crippen molar-refractivity contribution in [1.82, 2.24) is 5.32 Å². The molecule has 1 aliphatic heterocycles. The van der Waals surface area contributed by atoms with Crippen molar-refractivity contribution < 1.29 is 9.47 Å². The zero-order valence-corrected chi connectivity index (χ0v) is 9.55. The SMILES string of the molecule is COc1ccccc1OC[C@@H]1NCCS1. The van der Waals surface area contributed by atoms with Crippen LogP contribution >= 0.6 is 11.8 Å². The second-order valence-corrected chi connectivity index (χ2v) is 4.59. The molecule has 15 heavy (non-hydrogen) atoms. The standard InChI is InChI=1S/C11H15NO2S/c1-13-9-4-2-3-5-10(9)14-8-11-12-6-7-15-11/h2-5,11-12H,6-8H2,1H3/t11-/m1/s1. The van der Waals surface area contributed by atoms with E-state index in [4.69, 9.17) is 9.47 Å². The molecule has 1 atom stereocenters. The van der Waals surface area contributed by atoms with Crippen LogP contribution in [0.2, 0.25) is 0 Å². The molecule has 1 heterocycles. The van der Waals surface area contributed by atoms with Gasteiger partial charge in [-0.25, -0.2) is 0 Å². The molecule has 1 N–H and O–H groups in total. The van der Waals surface area contributed by atoms with Crippen molar-refractivity contribution in [3.05, 3.63) is 24.3 Å². The van der Waals surface area contributed by atoms with Gasteiger partial charge in [-0.3, -0.25) is 0 Å². The molecule has 0 unspecified atom stereocenters. The Balaban J connectivity index is 1.91. The van der Waals surface area contributed by atoms with Gasteiger partial charge in [0.2, 0.25) is 0 Å². The summed E-state index contributed by atoms with van der Waals surface area (Å²) in [4.78, 5) is 0. The van der Waals surface area contributed by atoms with Crippen molar-refractivity contribution in [1.29, 1.82) is 0 Å². The third kappa shape index (κ3) is 2.79. The average molecular weight is 225 g/mol. The maximum Gasteiger partial charge on any atom is 0.161 e. The first-order valence-electron chi connectivity index (χ1n) is 5.01. The van der Waals surface area contributed by atoms with E-state index in [9.17, 15) is 0 Å². The number of para-hydroxylation sites is 2. The fourth-order valence-electron chi connectivity index (χ4n) is 1.49. The molecule has 0 amide bonds. The molecule has 1 saturated heterocycles. The lowest BCUT2D eigenvalue weighted by molar-refractivity contribution is 0.286. The lowest BCUT2D eigenvalue weighted by Crippen LogP contribution is -2.26. The molecule has 1 fully saturated rings. The van der Waals surface area contributed by atoms with Gasteiger partial charge in [-0.1, -0.05) is 12.1 Å². The number of ether oxygens (including phenoxy) is 2. The summed E-state index contributed by atoms with van der Waals surface area (Å²) in [5.74, 6) is 2.77. The monoisotopic (exact) mass is 225 g/mol. The first kappa shape index (κ1) is 10.6. The van der Waals surface area contributed by atoms with Crippen molar-refractivity contribution in [2.45, 2.75) is 5.37 Å². The third-order valence-electron chi connectivity index (χ3n) is 2.25. The highest BCUT2D eigenvalue weighted by molar-refractivity contribution is 8.00. The molecule has 1 aromatic carbocycles. The third-order valence-corrected chi connectivity index (χ3v) is 3.40. The first-order chi connectivity index (χ1) is 7.40. The lowest BCUT2D eigenvalue weighted by atomic mass is 10.3. The summed E-state index contributed by atoms with van der Waals surface area (Å²) in [7, 11) is 1.66. The molecule has 82 valence electrons. The fraction of sp³-hybridized carbons (Fsp3) is 0.455. The molecule has 1 aliphatic rings. The minimum absolute atomic E-state index is 0.412. The van der Waals surface area contributed by atoms with Gasteiger partial charge in [0.1, 0.15) is 6.61 Å². The largest absolute Gasteiger partial charge is 0.493 e. The summed E-state index contributed by atoms with van der Waals surface area (Å²) in [6.45, 7) is 1.76. The van der Waals surface area contributed by atoms with E-state index in [0.717, 1.165) is 18.0 Å². The highest BCUT2D eigenvalue weighted by Crippen LogP contribution is 2.26. The summed E-state index contributed by atoms with van der Waals surface area (Å²) in [5.41, 5.74) is 0. The van der Waals surface area contributed by atoms with Crippen molar-refractivity contribution in [3.8, 4) is 11.5 Å². The average Bonchev–Trinajstić information content (AvgIpc) is 2.79. The van der Waals surface area contributed by atoms with Gasteiger partial charge >= 0.3 is 0 Å². The van der Waals surface area contributed by atoms with E-state index in [1.54, 1.807) is 7.11 Å². The summed E-state index contributed by atoms with van der Waals surface area (Å²) in [6.07, 6.45) is 0. The lowest BCUT2D eigenvalue weighted by Gasteiger charge is -2.13. The van der Waals surface area contributed by atoms with Gasteiger partial charge in [0.05, 0.1) is 12.5 Å². The number of methoxy groups -OCH3 is 1. The van der Waals surface area contributed by atoms with Crippen molar-refractivity contribution >= 4 is 11.8 Å². The van der Waals surface area contributed by atoms with E-state index < -0.39 is 0 Å². The molecule has 0 bridgehead atoms. The minimum atomic E-state index is 0.412.